The summed E-state index contributed by atoms with van der Waals surface area (Å²) < 4.78 is 16.4. The van der Waals surface area contributed by atoms with E-state index in [1.54, 1.807) is 39.4 Å². The van der Waals surface area contributed by atoms with Gasteiger partial charge < -0.3 is 24.8 Å². The molecule has 0 spiro atoms. The minimum Gasteiger partial charge on any atom is -0.497 e. The number of rotatable bonds is 9. The first-order valence-corrected chi connectivity index (χ1v) is 8.22. The molecule has 0 aromatic heterocycles. The molecule has 0 saturated heterocycles. The maximum absolute atomic E-state index is 12.0. The summed E-state index contributed by atoms with van der Waals surface area (Å²) in [4.78, 5) is 12.0. The van der Waals surface area contributed by atoms with E-state index in [4.69, 9.17) is 14.2 Å². The van der Waals surface area contributed by atoms with E-state index in [9.17, 15) is 4.79 Å². The van der Waals surface area contributed by atoms with Gasteiger partial charge in [0.25, 0.3) is 0 Å². The fourth-order valence-electron chi connectivity index (χ4n) is 2.26. The number of carbonyl (C=O) groups excluding carboxylic acids is 1. The third kappa shape index (κ3) is 5.17. The molecule has 2 N–H and O–H groups in total. The summed E-state index contributed by atoms with van der Waals surface area (Å²) in [6, 6.07) is 12.3. The molecular formula is C20H24N2O4. The molecule has 2 aromatic carbocycles. The Morgan fingerprint density at radius 2 is 1.77 bits per heavy atom. The largest absolute Gasteiger partial charge is 0.497 e. The molecule has 2 rings (SSSR count). The van der Waals surface area contributed by atoms with Gasteiger partial charge in [0.05, 0.1) is 14.2 Å². The van der Waals surface area contributed by atoms with Crippen LogP contribution in [0.5, 0.6) is 23.0 Å². The molecule has 26 heavy (non-hydrogen) atoms. The highest BCUT2D eigenvalue weighted by Gasteiger charge is 2.13. The predicted molar refractivity (Wildman–Crippen MR) is 102 cm³/mol. The third-order valence-corrected chi connectivity index (χ3v) is 3.65. The number of amides is 1. The molecule has 0 radical (unpaired) electrons. The van der Waals surface area contributed by atoms with Gasteiger partial charge in [-0.05, 0) is 43.3 Å². The van der Waals surface area contributed by atoms with Crippen LogP contribution in [0.4, 0.5) is 5.69 Å². The number of hydrogen-bond acceptors (Lipinski definition) is 5. The highest BCUT2D eigenvalue weighted by Crippen LogP contribution is 2.34. The summed E-state index contributed by atoms with van der Waals surface area (Å²) in [5.74, 6) is 2.42. The summed E-state index contributed by atoms with van der Waals surface area (Å²) in [6.07, 6.45) is 1.64. The molecule has 6 nitrogen and oxygen atoms in total. The van der Waals surface area contributed by atoms with Gasteiger partial charge in [-0.3, -0.25) is 4.79 Å². The Bertz CT molecular complexity index is 744. The second-order valence-corrected chi connectivity index (χ2v) is 5.54. The summed E-state index contributed by atoms with van der Waals surface area (Å²) in [6.45, 7) is 5.80. The minimum atomic E-state index is -0.405. The van der Waals surface area contributed by atoms with Gasteiger partial charge in [0.15, 0.2) is 11.5 Å². The molecule has 0 unspecified atom stereocenters. The first kappa shape index (κ1) is 19.2. The quantitative estimate of drug-likeness (QED) is 0.672. The first-order valence-electron chi connectivity index (χ1n) is 8.22. The Kier molecular flexibility index (Phi) is 6.91. The summed E-state index contributed by atoms with van der Waals surface area (Å²) in [5.41, 5.74) is 0.746. The van der Waals surface area contributed by atoms with Crippen LogP contribution in [0.1, 0.15) is 6.92 Å². The van der Waals surface area contributed by atoms with Crippen molar-refractivity contribution in [1.29, 1.82) is 0 Å². The van der Waals surface area contributed by atoms with E-state index in [-0.39, 0.29) is 5.91 Å². The van der Waals surface area contributed by atoms with Gasteiger partial charge >= 0.3 is 0 Å². The number of ether oxygens (including phenoxy) is 3. The fraction of sp³-hybridized carbons (Fsp3) is 0.250. The SMILES string of the molecule is C=CCNC(=O)[C@H](C)Nc1ccc(OC)c(Oc2ccc(OC)cc2)c1. The first-order chi connectivity index (χ1) is 12.6. The highest BCUT2D eigenvalue weighted by molar-refractivity contribution is 5.84. The van der Waals surface area contributed by atoms with Crippen molar-refractivity contribution in [2.45, 2.75) is 13.0 Å². The van der Waals surface area contributed by atoms with Crippen molar-refractivity contribution in [1.82, 2.24) is 5.32 Å². The van der Waals surface area contributed by atoms with E-state index in [0.29, 0.717) is 23.8 Å². The lowest BCUT2D eigenvalue weighted by Crippen LogP contribution is -2.37. The topological polar surface area (TPSA) is 68.8 Å². The number of benzene rings is 2. The molecule has 0 aliphatic carbocycles. The Hall–Kier alpha value is -3.15. The average Bonchev–Trinajstić information content (AvgIpc) is 2.67. The highest BCUT2D eigenvalue weighted by atomic mass is 16.5. The molecule has 0 heterocycles. The molecule has 0 fully saturated rings. The fourth-order valence-corrected chi connectivity index (χ4v) is 2.26. The van der Waals surface area contributed by atoms with Crippen LogP contribution in [0.15, 0.2) is 55.1 Å². The van der Waals surface area contributed by atoms with Crippen molar-refractivity contribution in [2.24, 2.45) is 0 Å². The van der Waals surface area contributed by atoms with Gasteiger partial charge in [0.2, 0.25) is 5.91 Å². The zero-order valence-corrected chi connectivity index (χ0v) is 15.2. The number of anilines is 1. The van der Waals surface area contributed by atoms with Crippen molar-refractivity contribution in [2.75, 3.05) is 26.1 Å². The predicted octanol–water partition coefficient (Wildman–Crippen LogP) is 3.60. The molecule has 0 aliphatic heterocycles. The van der Waals surface area contributed by atoms with Crippen molar-refractivity contribution < 1.29 is 19.0 Å². The number of hydrogen-bond donors (Lipinski definition) is 2. The summed E-state index contributed by atoms with van der Waals surface area (Å²) >= 11 is 0. The van der Waals surface area contributed by atoms with Gasteiger partial charge in [-0.25, -0.2) is 0 Å². The molecule has 138 valence electrons. The van der Waals surface area contributed by atoms with E-state index in [2.05, 4.69) is 17.2 Å². The van der Waals surface area contributed by atoms with Crippen LogP contribution in [0.25, 0.3) is 0 Å². The van der Waals surface area contributed by atoms with Crippen molar-refractivity contribution in [3.05, 3.63) is 55.1 Å². The van der Waals surface area contributed by atoms with E-state index < -0.39 is 6.04 Å². The summed E-state index contributed by atoms with van der Waals surface area (Å²) in [7, 11) is 3.19. The van der Waals surface area contributed by atoms with Gasteiger partial charge in [-0.15, -0.1) is 6.58 Å². The molecule has 1 atom stereocenters. The second-order valence-electron chi connectivity index (χ2n) is 5.54. The lowest BCUT2D eigenvalue weighted by molar-refractivity contribution is -0.121. The normalized spacial score (nSPS) is 11.2. The number of nitrogens with one attached hydrogen (secondary N) is 2. The molecule has 6 heteroatoms. The van der Waals surface area contributed by atoms with Crippen LogP contribution in [0.3, 0.4) is 0 Å². The zero-order chi connectivity index (χ0) is 18.9. The van der Waals surface area contributed by atoms with E-state index in [1.807, 2.05) is 30.3 Å². The van der Waals surface area contributed by atoms with Crippen LogP contribution >= 0.6 is 0 Å². The van der Waals surface area contributed by atoms with Gasteiger partial charge in [-0.1, -0.05) is 6.08 Å². The maximum Gasteiger partial charge on any atom is 0.242 e. The second kappa shape index (κ2) is 9.36. The Morgan fingerprint density at radius 3 is 2.38 bits per heavy atom. The Labute approximate surface area is 153 Å². The molecule has 1 amide bonds. The van der Waals surface area contributed by atoms with Gasteiger partial charge in [0.1, 0.15) is 17.5 Å². The standard InChI is InChI=1S/C20H24N2O4/c1-5-12-21-20(23)14(2)22-15-6-11-18(25-4)19(13-15)26-17-9-7-16(24-3)8-10-17/h5-11,13-14,22H,1,12H2,2-4H3,(H,21,23)/t14-/m0/s1. The van der Waals surface area contributed by atoms with Crippen LogP contribution in [0.2, 0.25) is 0 Å². The zero-order valence-electron chi connectivity index (χ0n) is 15.2. The number of carbonyl (C=O) groups is 1. The Balaban J connectivity index is 2.13. The molecule has 2 aromatic rings. The molecular weight excluding hydrogens is 332 g/mol. The maximum atomic E-state index is 12.0. The van der Waals surface area contributed by atoms with Gasteiger partial charge in [0, 0.05) is 18.3 Å². The van der Waals surface area contributed by atoms with Crippen molar-refractivity contribution >= 4 is 11.6 Å². The molecule has 0 bridgehead atoms. The van der Waals surface area contributed by atoms with Crippen LogP contribution in [0, 0.1) is 0 Å². The average molecular weight is 356 g/mol. The van der Waals surface area contributed by atoms with Crippen LogP contribution < -0.4 is 24.8 Å². The third-order valence-electron chi connectivity index (χ3n) is 3.65. The lowest BCUT2D eigenvalue weighted by Gasteiger charge is -2.17. The smallest absolute Gasteiger partial charge is 0.242 e. The number of methoxy groups -OCH3 is 2. The lowest BCUT2D eigenvalue weighted by atomic mass is 10.2. The van der Waals surface area contributed by atoms with Crippen molar-refractivity contribution in [3.8, 4) is 23.0 Å². The van der Waals surface area contributed by atoms with Gasteiger partial charge in [-0.2, -0.15) is 0 Å². The van der Waals surface area contributed by atoms with Crippen LogP contribution in [-0.4, -0.2) is 32.7 Å². The van der Waals surface area contributed by atoms with E-state index in [0.717, 1.165) is 11.4 Å². The van der Waals surface area contributed by atoms with E-state index in [1.165, 1.54) is 0 Å². The van der Waals surface area contributed by atoms with E-state index >= 15 is 0 Å². The van der Waals surface area contributed by atoms with Crippen molar-refractivity contribution in [3.63, 3.8) is 0 Å². The summed E-state index contributed by atoms with van der Waals surface area (Å²) in [5, 5.41) is 5.90. The molecule has 0 saturated carbocycles. The minimum absolute atomic E-state index is 0.113. The Morgan fingerprint density at radius 1 is 1.08 bits per heavy atom. The monoisotopic (exact) mass is 356 g/mol. The van der Waals surface area contributed by atoms with Crippen LogP contribution in [-0.2, 0) is 4.79 Å². The molecule has 0 aliphatic rings.